The van der Waals surface area contributed by atoms with Gasteiger partial charge < -0.3 is 15.0 Å². The Hall–Kier alpha value is -2.47. The first-order valence-corrected chi connectivity index (χ1v) is 10.9. The van der Waals surface area contributed by atoms with Gasteiger partial charge in [0, 0.05) is 18.3 Å². The number of hydrogen-bond donors (Lipinski definition) is 1. The smallest absolute Gasteiger partial charge is 0.242 e. The van der Waals surface area contributed by atoms with Gasteiger partial charge in [0.2, 0.25) is 11.8 Å². The Labute approximate surface area is 177 Å². The molecule has 0 aliphatic heterocycles. The molecular weight excluding hydrogens is 384 g/mol. The number of thioether (sulfide) groups is 1. The topological polar surface area (TPSA) is 58.6 Å². The molecule has 2 aromatic rings. The third-order valence-electron chi connectivity index (χ3n) is 4.45. The molecule has 0 aliphatic carbocycles. The van der Waals surface area contributed by atoms with Crippen LogP contribution in [0, 0.1) is 0 Å². The molecule has 0 bridgehead atoms. The van der Waals surface area contributed by atoms with Crippen LogP contribution in [0.2, 0.25) is 0 Å². The van der Waals surface area contributed by atoms with E-state index in [1.807, 2.05) is 68.4 Å². The quantitative estimate of drug-likeness (QED) is 0.641. The summed E-state index contributed by atoms with van der Waals surface area (Å²) in [4.78, 5) is 27.2. The molecule has 2 amide bonds. The van der Waals surface area contributed by atoms with Crippen LogP contribution in [-0.2, 0) is 21.9 Å². The van der Waals surface area contributed by atoms with Crippen molar-refractivity contribution in [3.8, 4) is 5.75 Å². The maximum atomic E-state index is 13.0. The number of nitrogens with one attached hydrogen (secondary N) is 1. The highest BCUT2D eigenvalue weighted by Gasteiger charge is 2.26. The number of hydrogen-bond acceptors (Lipinski definition) is 4. The number of methoxy groups -OCH3 is 1. The average molecular weight is 415 g/mol. The first kappa shape index (κ1) is 22.8. The van der Waals surface area contributed by atoms with Gasteiger partial charge >= 0.3 is 0 Å². The number of benzene rings is 2. The Balaban J connectivity index is 2.06. The lowest BCUT2D eigenvalue weighted by molar-refractivity contribution is -0.138. The number of ether oxygens (including phenoxy) is 1. The van der Waals surface area contributed by atoms with Gasteiger partial charge in [-0.05, 0) is 44.0 Å². The lowest BCUT2D eigenvalue weighted by atomic mass is 10.1. The zero-order chi connectivity index (χ0) is 21.2. The van der Waals surface area contributed by atoms with E-state index in [1.165, 1.54) is 5.56 Å². The van der Waals surface area contributed by atoms with E-state index in [0.717, 1.165) is 17.1 Å². The molecule has 0 aromatic heterocycles. The molecule has 0 fully saturated rings. The molecule has 0 saturated carbocycles. The summed E-state index contributed by atoms with van der Waals surface area (Å²) in [6, 6.07) is 17.1. The minimum absolute atomic E-state index is 0.0235. The average Bonchev–Trinajstić information content (AvgIpc) is 2.72. The zero-order valence-corrected chi connectivity index (χ0v) is 18.4. The van der Waals surface area contributed by atoms with Gasteiger partial charge in [0.15, 0.2) is 0 Å². The second-order valence-electron chi connectivity index (χ2n) is 7.19. The second-order valence-corrected chi connectivity index (χ2v) is 8.17. The summed E-state index contributed by atoms with van der Waals surface area (Å²) in [6.07, 6.45) is 0. The minimum atomic E-state index is -0.552. The van der Waals surface area contributed by atoms with Gasteiger partial charge in [-0.1, -0.05) is 42.5 Å². The molecule has 0 heterocycles. The van der Waals surface area contributed by atoms with Crippen molar-refractivity contribution in [2.24, 2.45) is 0 Å². The van der Waals surface area contributed by atoms with E-state index in [0.29, 0.717) is 12.3 Å². The first-order valence-electron chi connectivity index (χ1n) is 9.75. The van der Waals surface area contributed by atoms with Crippen molar-refractivity contribution in [2.75, 3.05) is 12.9 Å². The summed E-state index contributed by atoms with van der Waals surface area (Å²) in [5.41, 5.74) is 2.13. The van der Waals surface area contributed by atoms with E-state index in [2.05, 4.69) is 5.32 Å². The fourth-order valence-corrected chi connectivity index (χ4v) is 3.70. The third kappa shape index (κ3) is 7.46. The van der Waals surface area contributed by atoms with Gasteiger partial charge in [-0.2, -0.15) is 0 Å². The van der Waals surface area contributed by atoms with Gasteiger partial charge in [0.25, 0.3) is 0 Å². The van der Waals surface area contributed by atoms with Crippen molar-refractivity contribution >= 4 is 23.6 Å². The lowest BCUT2D eigenvalue weighted by Crippen LogP contribution is -2.49. The van der Waals surface area contributed by atoms with E-state index >= 15 is 0 Å². The molecule has 2 aromatic carbocycles. The number of carbonyl (C=O) groups excluding carboxylic acids is 2. The molecule has 1 N–H and O–H groups in total. The molecule has 0 spiro atoms. The van der Waals surface area contributed by atoms with Crippen molar-refractivity contribution in [3.05, 3.63) is 65.7 Å². The molecule has 2 rings (SSSR count). The number of amides is 2. The number of carbonyl (C=O) groups is 2. The van der Waals surface area contributed by atoms with Crippen LogP contribution in [0.4, 0.5) is 0 Å². The highest BCUT2D eigenvalue weighted by atomic mass is 32.2. The Kier molecular flexibility index (Phi) is 9.06. The monoisotopic (exact) mass is 414 g/mol. The lowest BCUT2D eigenvalue weighted by Gasteiger charge is -2.29. The SMILES string of the molecule is COc1ccc(CN(C(=O)CSCc2ccccc2)[C@H](C)C(=O)NC(C)C)cc1. The van der Waals surface area contributed by atoms with Crippen molar-refractivity contribution in [1.82, 2.24) is 10.2 Å². The van der Waals surface area contributed by atoms with Gasteiger partial charge in [-0.25, -0.2) is 0 Å². The molecule has 0 saturated heterocycles. The first-order chi connectivity index (χ1) is 13.9. The van der Waals surface area contributed by atoms with Crippen LogP contribution in [0.15, 0.2) is 54.6 Å². The van der Waals surface area contributed by atoms with Gasteiger partial charge in [0.05, 0.1) is 12.9 Å². The molecule has 1 atom stereocenters. The van der Waals surface area contributed by atoms with E-state index in [4.69, 9.17) is 4.74 Å². The van der Waals surface area contributed by atoms with Gasteiger partial charge in [0.1, 0.15) is 11.8 Å². The van der Waals surface area contributed by atoms with E-state index < -0.39 is 6.04 Å². The van der Waals surface area contributed by atoms with Crippen LogP contribution in [0.1, 0.15) is 31.9 Å². The molecule has 6 heteroatoms. The summed E-state index contributed by atoms with van der Waals surface area (Å²) < 4.78 is 5.20. The zero-order valence-electron chi connectivity index (χ0n) is 17.6. The Morgan fingerprint density at radius 1 is 1.00 bits per heavy atom. The van der Waals surface area contributed by atoms with Crippen LogP contribution < -0.4 is 10.1 Å². The van der Waals surface area contributed by atoms with Crippen molar-refractivity contribution in [1.29, 1.82) is 0 Å². The highest BCUT2D eigenvalue weighted by molar-refractivity contribution is 7.99. The fraction of sp³-hybridized carbons (Fsp3) is 0.391. The third-order valence-corrected chi connectivity index (χ3v) is 5.44. The van der Waals surface area contributed by atoms with Crippen LogP contribution in [-0.4, -0.2) is 41.7 Å². The predicted molar refractivity (Wildman–Crippen MR) is 119 cm³/mol. The molecule has 0 radical (unpaired) electrons. The van der Waals surface area contributed by atoms with E-state index in [1.54, 1.807) is 30.7 Å². The summed E-state index contributed by atoms with van der Waals surface area (Å²) >= 11 is 1.56. The standard InChI is InChI=1S/C23H30N2O3S/c1-17(2)24-23(27)18(3)25(14-19-10-12-21(28-4)13-11-19)22(26)16-29-15-20-8-6-5-7-9-20/h5-13,17-18H,14-16H2,1-4H3,(H,24,27)/t18-/m1/s1. The molecule has 5 nitrogen and oxygen atoms in total. The summed E-state index contributed by atoms with van der Waals surface area (Å²) in [7, 11) is 1.62. The van der Waals surface area contributed by atoms with Gasteiger partial charge in [-0.3, -0.25) is 9.59 Å². The highest BCUT2D eigenvalue weighted by Crippen LogP contribution is 2.17. The van der Waals surface area contributed by atoms with E-state index in [9.17, 15) is 9.59 Å². The van der Waals surface area contributed by atoms with Crippen molar-refractivity contribution in [3.63, 3.8) is 0 Å². The van der Waals surface area contributed by atoms with Crippen LogP contribution in [0.25, 0.3) is 0 Å². The Morgan fingerprint density at radius 2 is 1.66 bits per heavy atom. The maximum absolute atomic E-state index is 13.0. The Morgan fingerprint density at radius 3 is 2.24 bits per heavy atom. The second kappa shape index (κ2) is 11.5. The summed E-state index contributed by atoms with van der Waals surface area (Å²) in [5, 5.41) is 2.90. The van der Waals surface area contributed by atoms with Crippen molar-refractivity contribution in [2.45, 2.75) is 45.2 Å². The summed E-state index contributed by atoms with van der Waals surface area (Å²) in [6.45, 7) is 5.98. The maximum Gasteiger partial charge on any atom is 0.242 e. The van der Waals surface area contributed by atoms with Crippen LogP contribution in [0.5, 0.6) is 5.75 Å². The molecule has 0 unspecified atom stereocenters. The molecule has 0 aliphatic rings. The summed E-state index contributed by atoms with van der Waals surface area (Å²) in [5.74, 6) is 1.65. The normalized spacial score (nSPS) is 11.8. The minimum Gasteiger partial charge on any atom is -0.497 e. The van der Waals surface area contributed by atoms with E-state index in [-0.39, 0.29) is 17.9 Å². The number of nitrogens with zero attached hydrogens (tertiary/aromatic N) is 1. The van der Waals surface area contributed by atoms with Crippen LogP contribution >= 0.6 is 11.8 Å². The fourth-order valence-electron chi connectivity index (χ4n) is 2.83. The largest absolute Gasteiger partial charge is 0.497 e. The van der Waals surface area contributed by atoms with Crippen molar-refractivity contribution < 1.29 is 14.3 Å². The molecule has 29 heavy (non-hydrogen) atoms. The molecule has 156 valence electrons. The van der Waals surface area contributed by atoms with Crippen LogP contribution in [0.3, 0.4) is 0 Å². The Bertz CT molecular complexity index is 778. The number of rotatable bonds is 10. The predicted octanol–water partition coefficient (Wildman–Crippen LogP) is 3.87. The van der Waals surface area contributed by atoms with Gasteiger partial charge in [-0.15, -0.1) is 11.8 Å². The molecular formula is C23H30N2O3S.